The molecule has 0 saturated carbocycles. The van der Waals surface area contributed by atoms with Gasteiger partial charge in [0.15, 0.2) is 11.5 Å². The van der Waals surface area contributed by atoms with E-state index >= 15 is 0 Å². The summed E-state index contributed by atoms with van der Waals surface area (Å²) in [5.74, 6) is 1.62. The smallest absolute Gasteiger partial charge is 0.160 e. The Morgan fingerprint density at radius 3 is 2.05 bits per heavy atom. The Balaban J connectivity index is 2.72. The first-order valence-corrected chi connectivity index (χ1v) is 8.61. The highest BCUT2D eigenvalue weighted by molar-refractivity contribution is 5.43. The molecule has 1 atom stereocenters. The molecular formula is C19H33NO2. The third-order valence-electron chi connectivity index (χ3n) is 4.20. The Morgan fingerprint density at radius 2 is 1.55 bits per heavy atom. The molecule has 22 heavy (non-hydrogen) atoms. The predicted octanol–water partition coefficient (Wildman–Crippen LogP) is 4.54. The van der Waals surface area contributed by atoms with Gasteiger partial charge in [-0.05, 0) is 57.0 Å². The number of hydrogen-bond donors (Lipinski definition) is 0. The lowest BCUT2D eigenvalue weighted by molar-refractivity contribution is 0.201. The van der Waals surface area contributed by atoms with Gasteiger partial charge in [0, 0.05) is 6.04 Å². The standard InChI is InChI=1S/C19H33NO2/c1-6-8-12-20(13-9-7-2)16(3)14-17-10-11-18(21-4)19(15-17)22-5/h10-11,15-16H,6-9,12-14H2,1-5H3/t16-/m0/s1. The van der Waals surface area contributed by atoms with Crippen molar-refractivity contribution >= 4 is 0 Å². The molecule has 1 aromatic carbocycles. The van der Waals surface area contributed by atoms with Gasteiger partial charge < -0.3 is 14.4 Å². The van der Waals surface area contributed by atoms with E-state index in [2.05, 4.69) is 37.8 Å². The van der Waals surface area contributed by atoms with E-state index < -0.39 is 0 Å². The van der Waals surface area contributed by atoms with E-state index in [1.165, 1.54) is 44.3 Å². The van der Waals surface area contributed by atoms with Crippen LogP contribution in [0.2, 0.25) is 0 Å². The monoisotopic (exact) mass is 307 g/mol. The van der Waals surface area contributed by atoms with Crippen LogP contribution in [-0.4, -0.2) is 38.3 Å². The zero-order chi connectivity index (χ0) is 16.4. The van der Waals surface area contributed by atoms with Crippen LogP contribution in [0.5, 0.6) is 11.5 Å². The average molecular weight is 307 g/mol. The minimum atomic E-state index is 0.552. The van der Waals surface area contributed by atoms with Gasteiger partial charge in [-0.15, -0.1) is 0 Å². The molecule has 0 aliphatic rings. The largest absolute Gasteiger partial charge is 0.493 e. The van der Waals surface area contributed by atoms with Gasteiger partial charge >= 0.3 is 0 Å². The Morgan fingerprint density at radius 1 is 0.955 bits per heavy atom. The minimum Gasteiger partial charge on any atom is -0.493 e. The highest BCUT2D eigenvalue weighted by Gasteiger charge is 2.14. The van der Waals surface area contributed by atoms with E-state index in [4.69, 9.17) is 9.47 Å². The van der Waals surface area contributed by atoms with E-state index in [-0.39, 0.29) is 0 Å². The van der Waals surface area contributed by atoms with Crippen molar-refractivity contribution in [3.05, 3.63) is 23.8 Å². The van der Waals surface area contributed by atoms with Crippen molar-refractivity contribution in [1.82, 2.24) is 4.90 Å². The molecular weight excluding hydrogens is 274 g/mol. The Bertz CT molecular complexity index is 412. The van der Waals surface area contributed by atoms with Crippen LogP contribution in [-0.2, 0) is 6.42 Å². The third kappa shape index (κ3) is 5.88. The molecule has 1 aromatic rings. The summed E-state index contributed by atoms with van der Waals surface area (Å²) in [4.78, 5) is 2.63. The molecule has 0 heterocycles. The summed E-state index contributed by atoms with van der Waals surface area (Å²) in [7, 11) is 3.37. The zero-order valence-corrected chi connectivity index (χ0v) is 15.0. The molecule has 0 spiro atoms. The van der Waals surface area contributed by atoms with Crippen molar-refractivity contribution < 1.29 is 9.47 Å². The minimum absolute atomic E-state index is 0.552. The number of rotatable bonds is 11. The second kappa shape index (κ2) is 10.5. The topological polar surface area (TPSA) is 21.7 Å². The first-order valence-electron chi connectivity index (χ1n) is 8.61. The van der Waals surface area contributed by atoms with E-state index in [1.54, 1.807) is 14.2 Å². The van der Waals surface area contributed by atoms with Gasteiger partial charge in [-0.25, -0.2) is 0 Å². The fraction of sp³-hybridized carbons (Fsp3) is 0.684. The Hall–Kier alpha value is -1.22. The van der Waals surface area contributed by atoms with Crippen LogP contribution < -0.4 is 9.47 Å². The van der Waals surface area contributed by atoms with Gasteiger partial charge in [-0.2, -0.15) is 0 Å². The summed E-state index contributed by atoms with van der Waals surface area (Å²) >= 11 is 0. The van der Waals surface area contributed by atoms with Crippen molar-refractivity contribution in [2.45, 2.75) is 58.9 Å². The molecule has 0 N–H and O–H groups in total. The van der Waals surface area contributed by atoms with Gasteiger partial charge in [0.1, 0.15) is 0 Å². The average Bonchev–Trinajstić information content (AvgIpc) is 2.54. The van der Waals surface area contributed by atoms with E-state index in [0.717, 1.165) is 17.9 Å². The van der Waals surface area contributed by atoms with Crippen LogP contribution in [0.25, 0.3) is 0 Å². The van der Waals surface area contributed by atoms with Crippen LogP contribution in [0.1, 0.15) is 52.0 Å². The van der Waals surface area contributed by atoms with E-state index in [9.17, 15) is 0 Å². The molecule has 0 fully saturated rings. The summed E-state index contributed by atoms with van der Waals surface area (Å²) in [5, 5.41) is 0. The maximum Gasteiger partial charge on any atom is 0.160 e. The number of nitrogens with zero attached hydrogens (tertiary/aromatic N) is 1. The lowest BCUT2D eigenvalue weighted by Crippen LogP contribution is -2.36. The summed E-state index contributed by atoms with van der Waals surface area (Å²) in [6, 6.07) is 6.81. The maximum absolute atomic E-state index is 5.41. The summed E-state index contributed by atoms with van der Waals surface area (Å²) in [5.41, 5.74) is 1.31. The highest BCUT2D eigenvalue weighted by atomic mass is 16.5. The van der Waals surface area contributed by atoms with E-state index in [0.29, 0.717) is 6.04 Å². The van der Waals surface area contributed by atoms with Crippen LogP contribution in [0.3, 0.4) is 0 Å². The zero-order valence-electron chi connectivity index (χ0n) is 15.0. The first kappa shape index (κ1) is 18.8. The van der Waals surface area contributed by atoms with Crippen LogP contribution in [0, 0.1) is 0 Å². The fourth-order valence-electron chi connectivity index (χ4n) is 2.75. The second-order valence-corrected chi connectivity index (χ2v) is 5.99. The molecule has 0 bridgehead atoms. The quantitative estimate of drug-likeness (QED) is 0.599. The molecule has 0 amide bonds. The van der Waals surface area contributed by atoms with Crippen molar-refractivity contribution in [2.24, 2.45) is 0 Å². The van der Waals surface area contributed by atoms with Gasteiger partial charge in [-0.3, -0.25) is 0 Å². The number of hydrogen-bond acceptors (Lipinski definition) is 3. The van der Waals surface area contributed by atoms with Gasteiger partial charge in [0.25, 0.3) is 0 Å². The van der Waals surface area contributed by atoms with Crippen molar-refractivity contribution in [3.8, 4) is 11.5 Å². The summed E-state index contributed by atoms with van der Waals surface area (Å²) in [6.45, 7) is 9.26. The molecule has 0 saturated heterocycles. The molecule has 0 aliphatic carbocycles. The SMILES string of the molecule is CCCCN(CCCC)[C@@H](C)Cc1ccc(OC)c(OC)c1. The number of unbranched alkanes of at least 4 members (excludes halogenated alkanes) is 2. The second-order valence-electron chi connectivity index (χ2n) is 5.99. The molecule has 0 aliphatic heterocycles. The van der Waals surface area contributed by atoms with Gasteiger partial charge in [-0.1, -0.05) is 32.8 Å². The van der Waals surface area contributed by atoms with Crippen molar-refractivity contribution in [1.29, 1.82) is 0 Å². The Kier molecular flexibility index (Phi) is 8.98. The molecule has 126 valence electrons. The Labute approximate surface area is 136 Å². The normalized spacial score (nSPS) is 12.5. The maximum atomic E-state index is 5.41. The predicted molar refractivity (Wildman–Crippen MR) is 94.1 cm³/mol. The van der Waals surface area contributed by atoms with Crippen LogP contribution >= 0.6 is 0 Å². The molecule has 1 rings (SSSR count). The number of benzene rings is 1. The molecule has 0 aromatic heterocycles. The van der Waals surface area contributed by atoms with Gasteiger partial charge in [0.05, 0.1) is 14.2 Å². The molecule has 3 nitrogen and oxygen atoms in total. The van der Waals surface area contributed by atoms with Crippen LogP contribution in [0.15, 0.2) is 18.2 Å². The number of ether oxygens (including phenoxy) is 2. The van der Waals surface area contributed by atoms with E-state index in [1.807, 2.05) is 6.07 Å². The third-order valence-corrected chi connectivity index (χ3v) is 4.20. The first-order chi connectivity index (χ1) is 10.7. The lowest BCUT2D eigenvalue weighted by atomic mass is 10.0. The molecule has 0 unspecified atom stereocenters. The highest BCUT2D eigenvalue weighted by Crippen LogP contribution is 2.28. The van der Waals surface area contributed by atoms with Crippen molar-refractivity contribution in [3.63, 3.8) is 0 Å². The van der Waals surface area contributed by atoms with Gasteiger partial charge in [0.2, 0.25) is 0 Å². The number of methoxy groups -OCH3 is 2. The fourth-order valence-corrected chi connectivity index (χ4v) is 2.75. The van der Waals surface area contributed by atoms with Crippen LogP contribution in [0.4, 0.5) is 0 Å². The molecule has 3 heteroatoms. The lowest BCUT2D eigenvalue weighted by Gasteiger charge is -2.29. The molecule has 0 radical (unpaired) electrons. The van der Waals surface area contributed by atoms with Crippen molar-refractivity contribution in [2.75, 3.05) is 27.3 Å². The summed E-state index contributed by atoms with van der Waals surface area (Å²) < 4.78 is 10.7. The summed E-state index contributed by atoms with van der Waals surface area (Å²) in [6.07, 6.45) is 6.12.